The topological polar surface area (TPSA) is 70.1 Å². The van der Waals surface area contributed by atoms with Crippen LogP contribution in [-0.2, 0) is 9.53 Å². The fourth-order valence-corrected chi connectivity index (χ4v) is 3.15. The number of hydrogen-bond acceptors (Lipinski definition) is 3. The lowest BCUT2D eigenvalue weighted by molar-refractivity contribution is -0.147. The third-order valence-corrected chi connectivity index (χ3v) is 5.22. The largest absolute Gasteiger partial charge is 0.481 e. The van der Waals surface area contributed by atoms with E-state index in [1.807, 2.05) is 6.08 Å². The van der Waals surface area contributed by atoms with Gasteiger partial charge in [-0.1, -0.05) is 64.0 Å². The molecule has 0 saturated carbocycles. The molecule has 0 spiro atoms. The molecule has 0 amide bonds. The van der Waals surface area contributed by atoms with E-state index in [0.29, 0.717) is 12.8 Å². The summed E-state index contributed by atoms with van der Waals surface area (Å²) >= 11 is 0. The summed E-state index contributed by atoms with van der Waals surface area (Å²) in [4.78, 5) is 11.1. The molecule has 1 saturated heterocycles. The first-order valence-electron chi connectivity index (χ1n) is 9.99. The van der Waals surface area contributed by atoms with E-state index in [0.717, 1.165) is 6.42 Å². The van der Waals surface area contributed by atoms with Crippen LogP contribution in [0.3, 0.4) is 0 Å². The van der Waals surface area contributed by atoms with Gasteiger partial charge >= 0.3 is 5.97 Å². The molecule has 4 heteroatoms. The summed E-state index contributed by atoms with van der Waals surface area (Å²) in [5.41, 5.74) is -1.69. The zero-order valence-corrected chi connectivity index (χ0v) is 16.6. The highest BCUT2D eigenvalue weighted by molar-refractivity contribution is 5.73. The Balaban J connectivity index is 2.18. The second kappa shape index (κ2) is 10.3. The minimum Gasteiger partial charge on any atom is -0.481 e. The molecule has 25 heavy (non-hydrogen) atoms. The van der Waals surface area contributed by atoms with Gasteiger partial charge in [-0.15, -0.1) is 0 Å². The molecule has 0 aromatic rings. The van der Waals surface area contributed by atoms with Gasteiger partial charge in [0, 0.05) is 0 Å². The average Bonchev–Trinajstić information content (AvgIpc) is 3.31. The van der Waals surface area contributed by atoms with Crippen LogP contribution in [0.5, 0.6) is 0 Å². The molecular weight excluding hydrogens is 316 g/mol. The minimum atomic E-state index is -0.959. The number of carboxylic acids is 1. The van der Waals surface area contributed by atoms with Gasteiger partial charge in [0.25, 0.3) is 0 Å². The maximum atomic E-state index is 11.1. The molecule has 0 radical (unpaired) electrons. The highest BCUT2D eigenvalue weighted by atomic mass is 16.6. The van der Waals surface area contributed by atoms with E-state index >= 15 is 0 Å². The van der Waals surface area contributed by atoms with Gasteiger partial charge in [-0.3, -0.25) is 4.79 Å². The number of allylic oxidation sites excluding steroid dienone is 1. The van der Waals surface area contributed by atoms with Crippen LogP contribution in [0.15, 0.2) is 12.2 Å². The molecular formula is C21H38O4. The van der Waals surface area contributed by atoms with Crippen molar-refractivity contribution in [3.05, 3.63) is 12.2 Å². The van der Waals surface area contributed by atoms with Crippen LogP contribution >= 0.6 is 0 Å². The van der Waals surface area contributed by atoms with Gasteiger partial charge < -0.3 is 14.9 Å². The smallest absolute Gasteiger partial charge is 0.309 e. The summed E-state index contributed by atoms with van der Waals surface area (Å²) in [6.07, 6.45) is 15.0. The number of carboxylic acid groups (broad SMARTS) is 1. The molecule has 1 aliphatic rings. The Hall–Kier alpha value is -0.870. The number of carbonyl (C=O) groups is 1. The first-order valence-corrected chi connectivity index (χ1v) is 9.99. The molecule has 0 aromatic heterocycles. The monoisotopic (exact) mass is 354 g/mol. The third-order valence-electron chi connectivity index (χ3n) is 5.22. The van der Waals surface area contributed by atoms with Crippen molar-refractivity contribution in [1.82, 2.24) is 0 Å². The number of epoxide rings is 1. The highest BCUT2D eigenvalue weighted by Gasteiger charge is 2.49. The highest BCUT2D eigenvalue weighted by Crippen LogP contribution is 2.37. The Morgan fingerprint density at radius 1 is 1.08 bits per heavy atom. The lowest BCUT2D eigenvalue weighted by Gasteiger charge is -2.19. The summed E-state index contributed by atoms with van der Waals surface area (Å²) in [6.45, 7) is 7.46. The lowest BCUT2D eigenvalue weighted by atomic mass is 9.87. The molecule has 2 N–H and O–H groups in total. The molecule has 0 bridgehead atoms. The number of unbranched alkanes of at least 4 members (excludes halogenated alkanes) is 6. The summed E-state index contributed by atoms with van der Waals surface area (Å²) in [5, 5.41) is 19.6. The molecule has 1 aliphatic heterocycles. The van der Waals surface area contributed by atoms with E-state index in [-0.39, 0.29) is 12.2 Å². The van der Waals surface area contributed by atoms with Gasteiger partial charge in [-0.05, 0) is 40.0 Å². The SMILES string of the molecule is CCCCCCCCCC1OC1C(C)(O)/C=C\CCC(C)(C)C(=O)O. The Morgan fingerprint density at radius 2 is 1.68 bits per heavy atom. The number of aliphatic hydroxyl groups is 1. The van der Waals surface area contributed by atoms with E-state index in [9.17, 15) is 9.90 Å². The van der Waals surface area contributed by atoms with Crippen molar-refractivity contribution >= 4 is 5.97 Å². The summed E-state index contributed by atoms with van der Waals surface area (Å²) in [5.74, 6) is -0.784. The van der Waals surface area contributed by atoms with Gasteiger partial charge in [-0.2, -0.15) is 0 Å². The Morgan fingerprint density at radius 3 is 2.28 bits per heavy atom. The predicted molar refractivity (Wildman–Crippen MR) is 102 cm³/mol. The van der Waals surface area contributed by atoms with E-state index in [4.69, 9.17) is 9.84 Å². The van der Waals surface area contributed by atoms with Crippen molar-refractivity contribution in [3.8, 4) is 0 Å². The van der Waals surface area contributed by atoms with Crippen molar-refractivity contribution in [2.45, 2.75) is 110 Å². The fourth-order valence-electron chi connectivity index (χ4n) is 3.15. The average molecular weight is 355 g/mol. The zero-order valence-electron chi connectivity index (χ0n) is 16.6. The number of aliphatic carboxylic acids is 1. The maximum Gasteiger partial charge on any atom is 0.309 e. The van der Waals surface area contributed by atoms with Crippen molar-refractivity contribution < 1.29 is 19.7 Å². The van der Waals surface area contributed by atoms with Crippen molar-refractivity contribution in [2.75, 3.05) is 0 Å². The van der Waals surface area contributed by atoms with E-state index in [1.54, 1.807) is 26.8 Å². The Labute approximate surface area is 153 Å². The zero-order chi connectivity index (χ0) is 18.9. The second-order valence-electron chi connectivity index (χ2n) is 8.36. The van der Waals surface area contributed by atoms with Crippen LogP contribution in [0.4, 0.5) is 0 Å². The van der Waals surface area contributed by atoms with Crippen LogP contribution in [0, 0.1) is 5.41 Å². The van der Waals surface area contributed by atoms with Gasteiger partial charge in [0.15, 0.2) is 0 Å². The summed E-state index contributed by atoms with van der Waals surface area (Å²) < 4.78 is 5.67. The predicted octanol–water partition coefficient (Wildman–Crippen LogP) is 5.09. The van der Waals surface area contributed by atoms with Gasteiger partial charge in [0.05, 0.1) is 11.5 Å². The first kappa shape index (κ1) is 22.2. The summed E-state index contributed by atoms with van der Waals surface area (Å²) in [7, 11) is 0. The van der Waals surface area contributed by atoms with Crippen LogP contribution in [0.2, 0.25) is 0 Å². The van der Waals surface area contributed by atoms with Crippen LogP contribution in [0.1, 0.15) is 91.9 Å². The fraction of sp³-hybridized carbons (Fsp3) is 0.857. The van der Waals surface area contributed by atoms with Gasteiger partial charge in [0.1, 0.15) is 11.7 Å². The molecule has 3 atom stereocenters. The molecule has 3 unspecified atom stereocenters. The van der Waals surface area contributed by atoms with Crippen LogP contribution in [0.25, 0.3) is 0 Å². The summed E-state index contributed by atoms with van der Waals surface area (Å²) in [6, 6.07) is 0. The molecule has 1 fully saturated rings. The maximum absolute atomic E-state index is 11.1. The van der Waals surface area contributed by atoms with E-state index in [1.165, 1.54) is 44.9 Å². The number of rotatable bonds is 14. The van der Waals surface area contributed by atoms with Crippen molar-refractivity contribution in [1.29, 1.82) is 0 Å². The number of hydrogen-bond donors (Lipinski definition) is 2. The van der Waals surface area contributed by atoms with Crippen LogP contribution in [-0.4, -0.2) is 34.0 Å². The Bertz CT molecular complexity index is 426. The molecule has 4 nitrogen and oxygen atoms in total. The van der Waals surface area contributed by atoms with E-state index in [2.05, 4.69) is 6.92 Å². The minimum absolute atomic E-state index is 0.115. The van der Waals surface area contributed by atoms with Gasteiger partial charge in [0.2, 0.25) is 0 Å². The normalized spacial score (nSPS) is 22.9. The molecule has 0 aromatic carbocycles. The first-order chi connectivity index (χ1) is 11.7. The third kappa shape index (κ3) is 8.37. The Kier molecular flexibility index (Phi) is 9.15. The quantitative estimate of drug-likeness (QED) is 0.259. The van der Waals surface area contributed by atoms with Crippen molar-refractivity contribution in [3.63, 3.8) is 0 Å². The lowest BCUT2D eigenvalue weighted by Crippen LogP contribution is -2.30. The molecule has 146 valence electrons. The molecule has 0 aliphatic carbocycles. The standard InChI is InChI=1S/C21H38O4/c1-5-6-7-8-9-10-11-14-17-18(25-17)21(4,24)16-13-12-15-20(2,3)19(22)23/h13,16-18,24H,5-12,14-15H2,1-4H3,(H,22,23)/b16-13-. The second-order valence-corrected chi connectivity index (χ2v) is 8.36. The van der Waals surface area contributed by atoms with E-state index < -0.39 is 17.0 Å². The molecule has 1 rings (SSSR count). The number of ether oxygens (including phenoxy) is 1. The van der Waals surface area contributed by atoms with Crippen molar-refractivity contribution in [2.24, 2.45) is 5.41 Å². The van der Waals surface area contributed by atoms with Crippen LogP contribution < -0.4 is 0 Å². The van der Waals surface area contributed by atoms with Gasteiger partial charge in [-0.25, -0.2) is 0 Å². The molecule has 1 heterocycles.